The minimum absolute atomic E-state index is 0.0723. The van der Waals surface area contributed by atoms with Crippen molar-refractivity contribution in [2.24, 2.45) is 0 Å². The van der Waals surface area contributed by atoms with Gasteiger partial charge in [0.1, 0.15) is 5.82 Å². The minimum Gasteiger partial charge on any atom is -0.396 e. The molecule has 0 radical (unpaired) electrons. The Morgan fingerprint density at radius 2 is 2.28 bits per heavy atom. The van der Waals surface area contributed by atoms with Crippen molar-refractivity contribution in [3.8, 4) is 0 Å². The molecule has 0 aliphatic heterocycles. The van der Waals surface area contributed by atoms with E-state index >= 15 is 0 Å². The molecule has 0 fully saturated rings. The first-order valence-electron chi connectivity index (χ1n) is 5.66. The number of hydrogen-bond acceptors (Lipinski definition) is 3. The fraction of sp³-hybridized carbons (Fsp3) is 0.417. The second-order valence-electron chi connectivity index (χ2n) is 3.96. The number of halogens is 2. The lowest BCUT2D eigenvalue weighted by atomic mass is 10.1. The number of nitrogens with two attached hydrogens (primary N) is 1. The molecule has 1 amide bonds. The summed E-state index contributed by atoms with van der Waals surface area (Å²) in [5, 5.41) is 12.0. The van der Waals surface area contributed by atoms with Crippen molar-refractivity contribution in [3.05, 3.63) is 28.0 Å². The molecular formula is C12H16BrFN2O2. The van der Waals surface area contributed by atoms with E-state index in [0.29, 0.717) is 23.9 Å². The highest BCUT2D eigenvalue weighted by molar-refractivity contribution is 9.10. The molecule has 0 spiro atoms. The van der Waals surface area contributed by atoms with E-state index in [4.69, 9.17) is 5.73 Å². The van der Waals surface area contributed by atoms with E-state index in [2.05, 4.69) is 21.2 Å². The number of carbonyl (C=O) groups excluding carboxylic acids is 1. The molecule has 1 aromatic carbocycles. The monoisotopic (exact) mass is 318 g/mol. The number of aliphatic hydroxyl groups is 1. The molecule has 0 saturated carbocycles. The second kappa shape index (κ2) is 6.70. The lowest BCUT2D eigenvalue weighted by Gasteiger charge is -2.10. The van der Waals surface area contributed by atoms with Crippen LogP contribution in [0.25, 0.3) is 0 Å². The van der Waals surface area contributed by atoms with Crippen LogP contribution < -0.4 is 11.1 Å². The highest BCUT2D eigenvalue weighted by Gasteiger charge is 2.13. The van der Waals surface area contributed by atoms with Crippen molar-refractivity contribution in [2.45, 2.75) is 25.9 Å². The predicted octanol–water partition coefficient (Wildman–Crippen LogP) is 2.06. The Hall–Kier alpha value is -1.14. The van der Waals surface area contributed by atoms with E-state index < -0.39 is 11.9 Å². The molecule has 0 aliphatic carbocycles. The Balaban J connectivity index is 2.64. The molecule has 0 saturated heterocycles. The molecule has 1 unspecified atom stereocenters. The van der Waals surface area contributed by atoms with E-state index in [9.17, 15) is 14.3 Å². The van der Waals surface area contributed by atoms with Gasteiger partial charge in [-0.1, -0.05) is 6.92 Å². The molecular weight excluding hydrogens is 303 g/mol. The lowest BCUT2D eigenvalue weighted by molar-refractivity contribution is 0.0941. The van der Waals surface area contributed by atoms with Crippen LogP contribution in [0.4, 0.5) is 10.1 Å². The number of rotatable bonds is 5. The number of nitrogen functional groups attached to an aromatic ring is 1. The van der Waals surface area contributed by atoms with Crippen molar-refractivity contribution in [2.75, 3.05) is 12.3 Å². The molecule has 1 aromatic rings. The maximum absolute atomic E-state index is 13.1. The Labute approximate surface area is 113 Å². The van der Waals surface area contributed by atoms with Gasteiger partial charge in [0, 0.05) is 11.0 Å². The maximum Gasteiger partial charge on any atom is 0.252 e. The number of aliphatic hydroxyl groups excluding tert-OH is 1. The van der Waals surface area contributed by atoms with E-state index in [1.807, 2.05) is 6.92 Å². The van der Waals surface area contributed by atoms with Crippen LogP contribution in [0, 0.1) is 5.82 Å². The van der Waals surface area contributed by atoms with Gasteiger partial charge >= 0.3 is 0 Å². The number of anilines is 1. The van der Waals surface area contributed by atoms with Crippen molar-refractivity contribution in [1.82, 2.24) is 5.32 Å². The fourth-order valence-electron chi connectivity index (χ4n) is 1.39. The first-order valence-corrected chi connectivity index (χ1v) is 6.45. The zero-order valence-electron chi connectivity index (χ0n) is 10.0. The van der Waals surface area contributed by atoms with Gasteiger partial charge in [0.2, 0.25) is 0 Å². The highest BCUT2D eigenvalue weighted by atomic mass is 79.9. The molecule has 0 bridgehead atoms. The molecule has 0 aromatic heterocycles. The first-order chi connectivity index (χ1) is 8.45. The minimum atomic E-state index is -0.570. The molecule has 0 heterocycles. The zero-order valence-corrected chi connectivity index (χ0v) is 11.6. The van der Waals surface area contributed by atoms with Gasteiger partial charge in [-0.3, -0.25) is 4.79 Å². The zero-order chi connectivity index (χ0) is 13.7. The summed E-state index contributed by atoms with van der Waals surface area (Å²) < 4.78 is 13.5. The van der Waals surface area contributed by atoms with E-state index in [1.165, 1.54) is 6.07 Å². The molecule has 4 N–H and O–H groups in total. The van der Waals surface area contributed by atoms with Crippen molar-refractivity contribution in [1.29, 1.82) is 0 Å². The molecule has 18 heavy (non-hydrogen) atoms. The molecule has 6 heteroatoms. The van der Waals surface area contributed by atoms with Crippen molar-refractivity contribution < 1.29 is 14.3 Å². The topological polar surface area (TPSA) is 75.3 Å². The third-order valence-corrected chi connectivity index (χ3v) is 3.22. The van der Waals surface area contributed by atoms with Gasteiger partial charge in [0.05, 0.1) is 17.4 Å². The summed E-state index contributed by atoms with van der Waals surface area (Å²) in [5.41, 5.74) is 5.62. The number of carbonyl (C=O) groups is 1. The molecule has 1 atom stereocenters. The Kier molecular flexibility index (Phi) is 5.55. The largest absolute Gasteiger partial charge is 0.396 e. The molecule has 0 aliphatic rings. The van der Waals surface area contributed by atoms with E-state index in [0.717, 1.165) is 6.07 Å². The van der Waals surface area contributed by atoms with Crippen LogP contribution in [0.1, 0.15) is 30.1 Å². The third kappa shape index (κ3) is 3.96. The number of nitrogens with one attached hydrogen (secondary N) is 1. The van der Waals surface area contributed by atoms with Gasteiger partial charge in [-0.2, -0.15) is 0 Å². The SMILES string of the molecule is CCC(O)CCNC(=O)c1cc(N)c(F)cc1Br. The van der Waals surface area contributed by atoms with Gasteiger partial charge in [-0.15, -0.1) is 0 Å². The summed E-state index contributed by atoms with van der Waals surface area (Å²) in [6.45, 7) is 2.22. The van der Waals surface area contributed by atoms with Crippen LogP contribution in [-0.2, 0) is 0 Å². The van der Waals surface area contributed by atoms with Crippen LogP contribution in [-0.4, -0.2) is 23.7 Å². The molecule has 4 nitrogen and oxygen atoms in total. The summed E-state index contributed by atoms with van der Waals surface area (Å²) in [4.78, 5) is 11.8. The molecule has 100 valence electrons. The summed E-state index contributed by atoms with van der Waals surface area (Å²) in [5.74, 6) is -0.920. The van der Waals surface area contributed by atoms with Gasteiger partial charge in [-0.25, -0.2) is 4.39 Å². The lowest BCUT2D eigenvalue weighted by Crippen LogP contribution is -2.27. The Bertz CT molecular complexity index is 440. The standard InChI is InChI=1S/C12H16BrFN2O2/c1-2-7(17)3-4-16-12(18)8-5-11(15)10(14)6-9(8)13/h5-7,17H,2-4,15H2,1H3,(H,16,18). The van der Waals surface area contributed by atoms with Gasteiger partial charge in [0.15, 0.2) is 0 Å². The summed E-state index contributed by atoms with van der Waals surface area (Å²) in [7, 11) is 0. The maximum atomic E-state index is 13.1. The first kappa shape index (κ1) is 14.9. The fourth-order valence-corrected chi connectivity index (χ4v) is 1.89. The summed E-state index contributed by atoms with van der Waals surface area (Å²) >= 11 is 3.11. The van der Waals surface area contributed by atoms with Crippen molar-refractivity contribution >= 4 is 27.5 Å². The normalized spacial score (nSPS) is 12.2. The second-order valence-corrected chi connectivity index (χ2v) is 4.81. The van der Waals surface area contributed by atoms with Crippen molar-refractivity contribution in [3.63, 3.8) is 0 Å². The molecule has 1 rings (SSSR count). The number of benzene rings is 1. The summed E-state index contributed by atoms with van der Waals surface area (Å²) in [6, 6.07) is 2.44. The highest BCUT2D eigenvalue weighted by Crippen LogP contribution is 2.22. The number of hydrogen-bond donors (Lipinski definition) is 3. The predicted molar refractivity (Wildman–Crippen MR) is 71.8 cm³/mol. The average molecular weight is 319 g/mol. The van der Waals surface area contributed by atoms with Crippen LogP contribution >= 0.6 is 15.9 Å². The Morgan fingerprint density at radius 3 is 2.89 bits per heavy atom. The third-order valence-electron chi connectivity index (χ3n) is 2.57. The average Bonchev–Trinajstić information content (AvgIpc) is 2.33. The van der Waals surface area contributed by atoms with E-state index in [1.54, 1.807) is 0 Å². The summed E-state index contributed by atoms with van der Waals surface area (Å²) in [6.07, 6.45) is 0.701. The van der Waals surface area contributed by atoms with Gasteiger partial charge in [-0.05, 0) is 40.9 Å². The van der Waals surface area contributed by atoms with Crippen LogP contribution in [0.3, 0.4) is 0 Å². The van der Waals surface area contributed by atoms with E-state index in [-0.39, 0.29) is 17.2 Å². The van der Waals surface area contributed by atoms with Crippen LogP contribution in [0.5, 0.6) is 0 Å². The van der Waals surface area contributed by atoms with Crippen LogP contribution in [0.15, 0.2) is 16.6 Å². The quantitative estimate of drug-likeness (QED) is 0.727. The number of amides is 1. The van der Waals surface area contributed by atoms with Gasteiger partial charge in [0.25, 0.3) is 5.91 Å². The van der Waals surface area contributed by atoms with Gasteiger partial charge < -0.3 is 16.2 Å². The Morgan fingerprint density at radius 1 is 1.61 bits per heavy atom. The smallest absolute Gasteiger partial charge is 0.252 e. The van der Waals surface area contributed by atoms with Crippen LogP contribution in [0.2, 0.25) is 0 Å².